The molecule has 1 amide bonds. The van der Waals surface area contributed by atoms with Gasteiger partial charge in [0.25, 0.3) is 0 Å². The Morgan fingerprint density at radius 2 is 1.83 bits per heavy atom. The molecule has 0 saturated carbocycles. The fourth-order valence-corrected chi connectivity index (χ4v) is 1.75. The minimum atomic E-state index is -0.500. The van der Waals surface area contributed by atoms with Crippen molar-refractivity contribution in [1.82, 2.24) is 4.90 Å². The third-order valence-corrected chi connectivity index (χ3v) is 2.60. The predicted molar refractivity (Wildman–Crippen MR) is 68.5 cm³/mol. The number of rotatable bonds is 5. The second-order valence-corrected chi connectivity index (χ2v) is 4.10. The number of carbonyl (C=O) groups is 2. The van der Waals surface area contributed by atoms with Crippen molar-refractivity contribution in [2.45, 2.75) is 40.0 Å². The standard InChI is InChI=1S/C14H19NO3/c1-4-14(18-12(3)17)15(11(2)16)10-13-8-6-5-7-9-13/h5-9,14H,4,10H2,1-3H3. The van der Waals surface area contributed by atoms with E-state index >= 15 is 0 Å². The van der Waals surface area contributed by atoms with E-state index in [1.54, 1.807) is 4.90 Å². The Kier molecular flexibility index (Phi) is 5.36. The molecule has 0 N–H and O–H groups in total. The molecular weight excluding hydrogens is 230 g/mol. The summed E-state index contributed by atoms with van der Waals surface area (Å²) in [6, 6.07) is 9.64. The highest BCUT2D eigenvalue weighted by molar-refractivity contribution is 5.74. The summed E-state index contributed by atoms with van der Waals surface area (Å²) in [4.78, 5) is 24.3. The van der Waals surface area contributed by atoms with Crippen LogP contribution in [0.5, 0.6) is 0 Å². The lowest BCUT2D eigenvalue weighted by molar-refractivity contribution is -0.163. The van der Waals surface area contributed by atoms with E-state index in [1.807, 2.05) is 37.3 Å². The molecule has 0 aliphatic carbocycles. The lowest BCUT2D eigenvalue weighted by atomic mass is 10.2. The lowest BCUT2D eigenvalue weighted by Crippen LogP contribution is -2.40. The number of benzene rings is 1. The van der Waals surface area contributed by atoms with Crippen molar-refractivity contribution in [3.8, 4) is 0 Å². The maximum absolute atomic E-state index is 11.7. The molecule has 1 aromatic carbocycles. The topological polar surface area (TPSA) is 46.6 Å². The van der Waals surface area contributed by atoms with Crippen molar-refractivity contribution in [3.05, 3.63) is 35.9 Å². The largest absolute Gasteiger partial charge is 0.442 e. The second-order valence-electron chi connectivity index (χ2n) is 4.10. The van der Waals surface area contributed by atoms with Crippen molar-refractivity contribution in [1.29, 1.82) is 0 Å². The van der Waals surface area contributed by atoms with E-state index in [9.17, 15) is 9.59 Å². The van der Waals surface area contributed by atoms with Gasteiger partial charge in [-0.2, -0.15) is 0 Å². The monoisotopic (exact) mass is 249 g/mol. The van der Waals surface area contributed by atoms with E-state index < -0.39 is 6.23 Å². The van der Waals surface area contributed by atoms with Crippen LogP contribution in [0.25, 0.3) is 0 Å². The highest BCUT2D eigenvalue weighted by Gasteiger charge is 2.21. The van der Waals surface area contributed by atoms with Crippen LogP contribution in [0.1, 0.15) is 32.8 Å². The first-order chi connectivity index (χ1) is 8.54. The van der Waals surface area contributed by atoms with Gasteiger partial charge in [-0.15, -0.1) is 0 Å². The van der Waals surface area contributed by atoms with Crippen LogP contribution in [0.15, 0.2) is 30.3 Å². The Balaban J connectivity index is 2.81. The summed E-state index contributed by atoms with van der Waals surface area (Å²) in [6.45, 7) is 5.16. The minimum absolute atomic E-state index is 0.105. The number of hydrogen-bond acceptors (Lipinski definition) is 3. The number of esters is 1. The molecule has 0 aromatic heterocycles. The van der Waals surface area contributed by atoms with Crippen LogP contribution in [0.3, 0.4) is 0 Å². The third-order valence-electron chi connectivity index (χ3n) is 2.60. The molecular formula is C14H19NO3. The van der Waals surface area contributed by atoms with Gasteiger partial charge in [-0.3, -0.25) is 9.59 Å². The van der Waals surface area contributed by atoms with Crippen LogP contribution >= 0.6 is 0 Å². The van der Waals surface area contributed by atoms with E-state index in [0.717, 1.165) is 5.56 Å². The highest BCUT2D eigenvalue weighted by Crippen LogP contribution is 2.12. The van der Waals surface area contributed by atoms with Crippen molar-refractivity contribution >= 4 is 11.9 Å². The summed E-state index contributed by atoms with van der Waals surface area (Å²) in [5, 5.41) is 0. The molecule has 1 rings (SSSR count). The van der Waals surface area contributed by atoms with Gasteiger partial charge in [0.15, 0.2) is 6.23 Å². The Hall–Kier alpha value is -1.84. The average Bonchev–Trinajstić information content (AvgIpc) is 2.34. The lowest BCUT2D eigenvalue weighted by Gasteiger charge is -2.29. The average molecular weight is 249 g/mol. The molecule has 98 valence electrons. The summed E-state index contributed by atoms with van der Waals surface area (Å²) in [5.41, 5.74) is 1.01. The van der Waals surface area contributed by atoms with Gasteiger partial charge in [-0.25, -0.2) is 0 Å². The van der Waals surface area contributed by atoms with Crippen molar-refractivity contribution < 1.29 is 14.3 Å². The fourth-order valence-electron chi connectivity index (χ4n) is 1.75. The van der Waals surface area contributed by atoms with Crippen molar-refractivity contribution in [3.63, 3.8) is 0 Å². The zero-order chi connectivity index (χ0) is 13.5. The molecule has 1 unspecified atom stereocenters. The number of nitrogens with zero attached hydrogens (tertiary/aromatic N) is 1. The molecule has 0 radical (unpaired) electrons. The van der Waals surface area contributed by atoms with Crippen LogP contribution in [0.4, 0.5) is 0 Å². The van der Waals surface area contributed by atoms with Crippen LogP contribution in [-0.2, 0) is 20.9 Å². The molecule has 1 atom stereocenters. The first-order valence-corrected chi connectivity index (χ1v) is 6.03. The SMILES string of the molecule is CCC(OC(C)=O)N(Cc1ccccc1)C(C)=O. The van der Waals surface area contributed by atoms with Gasteiger partial charge in [-0.1, -0.05) is 37.3 Å². The Morgan fingerprint density at radius 3 is 2.28 bits per heavy atom. The van der Waals surface area contributed by atoms with Gasteiger partial charge >= 0.3 is 5.97 Å². The zero-order valence-corrected chi connectivity index (χ0v) is 11.1. The summed E-state index contributed by atoms with van der Waals surface area (Å²) in [6.07, 6.45) is 0.0756. The molecule has 1 aromatic rings. The molecule has 0 aliphatic heterocycles. The molecule has 18 heavy (non-hydrogen) atoms. The molecule has 0 saturated heterocycles. The number of hydrogen-bond donors (Lipinski definition) is 0. The molecule has 4 heteroatoms. The molecule has 0 spiro atoms. The summed E-state index contributed by atoms with van der Waals surface area (Å²) in [7, 11) is 0. The smallest absolute Gasteiger partial charge is 0.304 e. The Labute approximate surface area is 108 Å². The number of ether oxygens (including phenoxy) is 1. The summed E-state index contributed by atoms with van der Waals surface area (Å²) < 4.78 is 5.16. The molecule has 0 heterocycles. The van der Waals surface area contributed by atoms with Crippen molar-refractivity contribution in [2.75, 3.05) is 0 Å². The van der Waals surface area contributed by atoms with E-state index in [0.29, 0.717) is 13.0 Å². The van der Waals surface area contributed by atoms with Gasteiger partial charge in [0.2, 0.25) is 5.91 Å². The van der Waals surface area contributed by atoms with Crippen LogP contribution < -0.4 is 0 Å². The minimum Gasteiger partial charge on any atom is -0.442 e. The van der Waals surface area contributed by atoms with Gasteiger partial charge in [-0.05, 0) is 5.56 Å². The Bertz CT molecular complexity index is 403. The van der Waals surface area contributed by atoms with Crippen LogP contribution in [0.2, 0.25) is 0 Å². The summed E-state index contributed by atoms with van der Waals surface area (Å²) in [5.74, 6) is -0.479. The molecule has 0 aliphatic rings. The molecule has 0 fully saturated rings. The van der Waals surface area contributed by atoms with Gasteiger partial charge < -0.3 is 9.64 Å². The van der Waals surface area contributed by atoms with Crippen LogP contribution in [-0.4, -0.2) is 23.0 Å². The van der Waals surface area contributed by atoms with E-state index in [-0.39, 0.29) is 11.9 Å². The fraction of sp³-hybridized carbons (Fsp3) is 0.429. The second kappa shape index (κ2) is 6.79. The highest BCUT2D eigenvalue weighted by atomic mass is 16.6. The first kappa shape index (κ1) is 14.2. The maximum atomic E-state index is 11.7. The number of carbonyl (C=O) groups excluding carboxylic acids is 2. The normalized spacial score (nSPS) is 11.7. The van der Waals surface area contributed by atoms with E-state index in [4.69, 9.17) is 4.74 Å². The molecule has 0 bridgehead atoms. The van der Waals surface area contributed by atoms with Crippen LogP contribution in [0, 0.1) is 0 Å². The van der Waals surface area contributed by atoms with Gasteiger partial charge in [0.1, 0.15) is 0 Å². The van der Waals surface area contributed by atoms with Crippen molar-refractivity contribution in [2.24, 2.45) is 0 Å². The maximum Gasteiger partial charge on any atom is 0.304 e. The van der Waals surface area contributed by atoms with Gasteiger partial charge in [0.05, 0.1) is 0 Å². The summed E-state index contributed by atoms with van der Waals surface area (Å²) >= 11 is 0. The third kappa shape index (κ3) is 4.20. The van der Waals surface area contributed by atoms with E-state index in [2.05, 4.69) is 0 Å². The van der Waals surface area contributed by atoms with Gasteiger partial charge in [0, 0.05) is 26.8 Å². The first-order valence-electron chi connectivity index (χ1n) is 6.03. The zero-order valence-electron chi connectivity index (χ0n) is 11.1. The molecule has 4 nitrogen and oxygen atoms in total. The quantitative estimate of drug-likeness (QED) is 0.594. The predicted octanol–water partition coefficient (Wildman–Crippen LogP) is 2.33. The number of amides is 1. The van der Waals surface area contributed by atoms with E-state index in [1.165, 1.54) is 13.8 Å². The Morgan fingerprint density at radius 1 is 1.22 bits per heavy atom.